The van der Waals surface area contributed by atoms with Gasteiger partial charge < -0.3 is 14.7 Å². The van der Waals surface area contributed by atoms with Gasteiger partial charge in [0, 0.05) is 24.2 Å². The SMILES string of the molecule is CCN1CCCC(C(C)NC(C)c2c(C)noc2C)C1. The third-order valence-electron chi connectivity index (χ3n) is 4.73. The molecule has 4 nitrogen and oxygen atoms in total. The predicted octanol–water partition coefficient (Wildman–Crippen LogP) is 3.06. The van der Waals surface area contributed by atoms with Crippen LogP contribution in [0.5, 0.6) is 0 Å². The van der Waals surface area contributed by atoms with Gasteiger partial charge in [0.25, 0.3) is 0 Å². The molecule has 1 aliphatic rings. The molecule has 1 aliphatic heterocycles. The minimum atomic E-state index is 0.299. The molecule has 3 unspecified atom stereocenters. The van der Waals surface area contributed by atoms with Crippen LogP contribution in [0.4, 0.5) is 0 Å². The third kappa shape index (κ3) is 3.41. The Bertz CT molecular complexity index is 410. The number of aryl methyl sites for hydroxylation is 2. The molecule has 1 fully saturated rings. The van der Waals surface area contributed by atoms with E-state index in [4.69, 9.17) is 4.52 Å². The monoisotopic (exact) mass is 279 g/mol. The Morgan fingerprint density at radius 1 is 1.40 bits per heavy atom. The first-order valence-electron chi connectivity index (χ1n) is 7.94. The van der Waals surface area contributed by atoms with Crippen molar-refractivity contribution in [3.8, 4) is 0 Å². The number of nitrogens with one attached hydrogen (secondary N) is 1. The fraction of sp³-hybridized carbons (Fsp3) is 0.812. The van der Waals surface area contributed by atoms with Crippen molar-refractivity contribution in [2.45, 2.75) is 59.5 Å². The van der Waals surface area contributed by atoms with E-state index in [1.54, 1.807) is 0 Å². The van der Waals surface area contributed by atoms with Crippen LogP contribution in [0.1, 0.15) is 56.7 Å². The highest BCUT2D eigenvalue weighted by atomic mass is 16.5. The summed E-state index contributed by atoms with van der Waals surface area (Å²) in [5.74, 6) is 1.68. The minimum absolute atomic E-state index is 0.299. The van der Waals surface area contributed by atoms with Gasteiger partial charge in [0.05, 0.1) is 5.69 Å². The van der Waals surface area contributed by atoms with Gasteiger partial charge in [-0.3, -0.25) is 0 Å². The Morgan fingerprint density at radius 2 is 2.15 bits per heavy atom. The normalized spacial score (nSPS) is 23.8. The van der Waals surface area contributed by atoms with Gasteiger partial charge in [-0.1, -0.05) is 12.1 Å². The summed E-state index contributed by atoms with van der Waals surface area (Å²) in [5.41, 5.74) is 2.23. The molecule has 1 aromatic heterocycles. The van der Waals surface area contributed by atoms with Crippen molar-refractivity contribution < 1.29 is 4.52 Å². The standard InChI is InChI=1S/C16H29N3O/c1-6-19-9-7-8-15(10-19)11(2)17-12(3)16-13(4)18-20-14(16)5/h11-12,15,17H,6-10H2,1-5H3. The van der Waals surface area contributed by atoms with E-state index in [2.05, 4.69) is 36.1 Å². The van der Waals surface area contributed by atoms with Crippen LogP contribution in [0.15, 0.2) is 4.52 Å². The lowest BCUT2D eigenvalue weighted by Crippen LogP contribution is -2.45. The Balaban J connectivity index is 1.95. The summed E-state index contributed by atoms with van der Waals surface area (Å²) in [6.45, 7) is 14.5. The molecule has 3 atom stereocenters. The third-order valence-corrected chi connectivity index (χ3v) is 4.73. The minimum Gasteiger partial charge on any atom is -0.361 e. The van der Waals surface area contributed by atoms with Crippen molar-refractivity contribution in [3.05, 3.63) is 17.0 Å². The molecule has 1 aromatic rings. The molecule has 20 heavy (non-hydrogen) atoms. The van der Waals surface area contributed by atoms with Crippen molar-refractivity contribution in [2.24, 2.45) is 5.92 Å². The molecule has 1 saturated heterocycles. The smallest absolute Gasteiger partial charge is 0.138 e. The summed E-state index contributed by atoms with van der Waals surface area (Å²) < 4.78 is 5.28. The van der Waals surface area contributed by atoms with Gasteiger partial charge in [0.1, 0.15) is 5.76 Å². The van der Waals surface area contributed by atoms with Crippen LogP contribution in [0.3, 0.4) is 0 Å². The van der Waals surface area contributed by atoms with Crippen LogP contribution >= 0.6 is 0 Å². The molecule has 0 amide bonds. The Hall–Kier alpha value is -0.870. The van der Waals surface area contributed by atoms with E-state index in [1.807, 2.05) is 13.8 Å². The Kier molecular flexibility index (Phi) is 5.22. The van der Waals surface area contributed by atoms with Crippen LogP contribution in [-0.2, 0) is 0 Å². The predicted molar refractivity (Wildman–Crippen MR) is 81.8 cm³/mol. The van der Waals surface area contributed by atoms with Crippen molar-refractivity contribution in [1.29, 1.82) is 0 Å². The van der Waals surface area contributed by atoms with Gasteiger partial charge >= 0.3 is 0 Å². The van der Waals surface area contributed by atoms with E-state index in [0.717, 1.165) is 17.4 Å². The quantitative estimate of drug-likeness (QED) is 0.899. The van der Waals surface area contributed by atoms with Crippen LogP contribution in [0, 0.1) is 19.8 Å². The maximum atomic E-state index is 5.28. The molecular weight excluding hydrogens is 250 g/mol. The van der Waals surface area contributed by atoms with Gasteiger partial charge in [-0.25, -0.2) is 0 Å². The average Bonchev–Trinajstić information content (AvgIpc) is 2.78. The molecule has 0 aromatic carbocycles. The zero-order valence-corrected chi connectivity index (χ0v) is 13.6. The lowest BCUT2D eigenvalue weighted by molar-refractivity contribution is 0.153. The molecule has 2 rings (SSSR count). The maximum absolute atomic E-state index is 5.28. The summed E-state index contributed by atoms with van der Waals surface area (Å²) in [5, 5.41) is 7.81. The molecule has 1 N–H and O–H groups in total. The number of likely N-dealkylation sites (tertiary alicyclic amines) is 1. The molecule has 0 bridgehead atoms. The van der Waals surface area contributed by atoms with Crippen LogP contribution in [0.25, 0.3) is 0 Å². The fourth-order valence-corrected chi connectivity index (χ4v) is 3.51. The lowest BCUT2D eigenvalue weighted by atomic mass is 9.90. The highest BCUT2D eigenvalue weighted by Crippen LogP contribution is 2.25. The second kappa shape index (κ2) is 6.72. The largest absolute Gasteiger partial charge is 0.361 e. The number of aromatic nitrogens is 1. The molecule has 4 heteroatoms. The summed E-state index contributed by atoms with van der Waals surface area (Å²) in [7, 11) is 0. The fourth-order valence-electron chi connectivity index (χ4n) is 3.51. The molecule has 0 spiro atoms. The van der Waals surface area contributed by atoms with Gasteiger partial charge in [-0.05, 0) is 59.5 Å². The topological polar surface area (TPSA) is 41.3 Å². The lowest BCUT2D eigenvalue weighted by Gasteiger charge is -2.36. The number of hydrogen-bond acceptors (Lipinski definition) is 4. The molecule has 0 aliphatic carbocycles. The molecular formula is C16H29N3O. The van der Waals surface area contributed by atoms with Crippen LogP contribution in [-0.4, -0.2) is 35.7 Å². The van der Waals surface area contributed by atoms with E-state index >= 15 is 0 Å². The number of piperidine rings is 1. The number of rotatable bonds is 5. The average molecular weight is 279 g/mol. The first-order valence-corrected chi connectivity index (χ1v) is 7.94. The summed E-state index contributed by atoms with van der Waals surface area (Å²) >= 11 is 0. The second-order valence-corrected chi connectivity index (χ2v) is 6.21. The Morgan fingerprint density at radius 3 is 2.75 bits per heavy atom. The Labute approximate surface area is 122 Å². The molecule has 2 heterocycles. The van der Waals surface area contributed by atoms with E-state index in [-0.39, 0.29) is 0 Å². The van der Waals surface area contributed by atoms with E-state index in [0.29, 0.717) is 12.1 Å². The van der Waals surface area contributed by atoms with Crippen LogP contribution < -0.4 is 5.32 Å². The van der Waals surface area contributed by atoms with E-state index < -0.39 is 0 Å². The maximum Gasteiger partial charge on any atom is 0.138 e. The van der Waals surface area contributed by atoms with Gasteiger partial charge in [0.2, 0.25) is 0 Å². The summed E-state index contributed by atoms with van der Waals surface area (Å²) in [6.07, 6.45) is 2.66. The van der Waals surface area contributed by atoms with Crippen molar-refractivity contribution in [1.82, 2.24) is 15.4 Å². The van der Waals surface area contributed by atoms with Crippen molar-refractivity contribution in [2.75, 3.05) is 19.6 Å². The van der Waals surface area contributed by atoms with Crippen molar-refractivity contribution in [3.63, 3.8) is 0 Å². The highest BCUT2D eigenvalue weighted by molar-refractivity contribution is 5.24. The zero-order chi connectivity index (χ0) is 14.7. The number of hydrogen-bond donors (Lipinski definition) is 1. The molecule has 0 radical (unpaired) electrons. The van der Waals surface area contributed by atoms with E-state index in [1.165, 1.54) is 38.0 Å². The van der Waals surface area contributed by atoms with Crippen LogP contribution in [0.2, 0.25) is 0 Å². The first-order chi connectivity index (χ1) is 9.52. The molecule has 0 saturated carbocycles. The van der Waals surface area contributed by atoms with Gasteiger partial charge in [-0.2, -0.15) is 0 Å². The van der Waals surface area contributed by atoms with Gasteiger partial charge in [0.15, 0.2) is 0 Å². The number of nitrogens with zero attached hydrogens (tertiary/aromatic N) is 2. The zero-order valence-electron chi connectivity index (χ0n) is 13.6. The van der Waals surface area contributed by atoms with Gasteiger partial charge in [-0.15, -0.1) is 0 Å². The summed E-state index contributed by atoms with van der Waals surface area (Å²) in [6, 6.07) is 0.821. The highest BCUT2D eigenvalue weighted by Gasteiger charge is 2.26. The van der Waals surface area contributed by atoms with E-state index in [9.17, 15) is 0 Å². The van der Waals surface area contributed by atoms with Crippen molar-refractivity contribution >= 4 is 0 Å². The molecule has 114 valence electrons. The second-order valence-electron chi connectivity index (χ2n) is 6.21. The first kappa shape index (κ1) is 15.5. The summed E-state index contributed by atoms with van der Waals surface area (Å²) in [4.78, 5) is 2.56.